The smallest absolute Gasteiger partial charge is 0.303 e. The normalized spacial score (nSPS) is 23.0. The molecule has 2 saturated heterocycles. The van der Waals surface area contributed by atoms with Crippen LogP contribution in [0, 0.1) is 0 Å². The number of nitrogens with one attached hydrogen (secondary N) is 1. The Hall–Kier alpha value is -2.82. The fourth-order valence-corrected chi connectivity index (χ4v) is 5.63. The molecule has 0 radical (unpaired) electrons. The molecule has 41 heavy (non-hydrogen) atoms. The maximum atomic E-state index is 12.2. The summed E-state index contributed by atoms with van der Waals surface area (Å²) in [7, 11) is 0. The summed E-state index contributed by atoms with van der Waals surface area (Å²) >= 11 is 0. The van der Waals surface area contributed by atoms with Crippen molar-refractivity contribution in [2.75, 3.05) is 19.7 Å². The van der Waals surface area contributed by atoms with Crippen LogP contribution in [0.25, 0.3) is 0 Å². The molecular formula is C32H44N2O7. The highest BCUT2D eigenvalue weighted by Crippen LogP contribution is 2.38. The van der Waals surface area contributed by atoms with E-state index in [-0.39, 0.29) is 43.8 Å². The van der Waals surface area contributed by atoms with Gasteiger partial charge in [-0.15, -0.1) is 0 Å². The highest BCUT2D eigenvalue weighted by molar-refractivity contribution is 5.75. The van der Waals surface area contributed by atoms with Crippen molar-refractivity contribution in [1.82, 2.24) is 10.2 Å². The summed E-state index contributed by atoms with van der Waals surface area (Å²) in [6.07, 6.45) is 5.70. The Labute approximate surface area is 242 Å². The Balaban J connectivity index is 1.33. The molecule has 4 unspecified atom stereocenters. The first-order valence-corrected chi connectivity index (χ1v) is 14.9. The molecule has 2 aliphatic heterocycles. The number of carboxylic acid groups (broad SMARTS) is 1. The molecule has 2 aromatic carbocycles. The summed E-state index contributed by atoms with van der Waals surface area (Å²) in [5, 5.41) is 30.9. The largest absolute Gasteiger partial charge is 0.481 e. The third kappa shape index (κ3) is 9.61. The quantitative estimate of drug-likeness (QED) is 0.235. The van der Waals surface area contributed by atoms with E-state index in [1.807, 2.05) is 48.5 Å². The molecule has 2 aliphatic rings. The van der Waals surface area contributed by atoms with Gasteiger partial charge in [0.15, 0.2) is 6.29 Å². The minimum absolute atomic E-state index is 0.000919. The molecule has 1 amide bonds. The number of ether oxygens (including phenoxy) is 2. The molecule has 4 rings (SSSR count). The summed E-state index contributed by atoms with van der Waals surface area (Å²) in [5.41, 5.74) is 3.79. The second-order valence-corrected chi connectivity index (χ2v) is 11.1. The summed E-state index contributed by atoms with van der Waals surface area (Å²) < 4.78 is 12.9. The minimum Gasteiger partial charge on any atom is -0.481 e. The molecule has 0 spiro atoms. The second-order valence-electron chi connectivity index (χ2n) is 11.1. The molecule has 9 heteroatoms. The van der Waals surface area contributed by atoms with E-state index in [2.05, 4.69) is 10.2 Å². The number of nitrogens with zero attached hydrogens (tertiary/aromatic N) is 1. The Kier molecular flexibility index (Phi) is 12.1. The fourth-order valence-electron chi connectivity index (χ4n) is 5.63. The molecule has 0 bridgehead atoms. The van der Waals surface area contributed by atoms with Gasteiger partial charge in [0.25, 0.3) is 0 Å². The first-order valence-electron chi connectivity index (χ1n) is 14.9. The van der Waals surface area contributed by atoms with Crippen molar-refractivity contribution in [3.8, 4) is 0 Å². The topological polar surface area (TPSA) is 129 Å². The highest BCUT2D eigenvalue weighted by atomic mass is 16.7. The number of likely N-dealkylation sites (tertiary alicyclic amines) is 1. The molecule has 2 aromatic rings. The minimum atomic E-state index is -0.776. The number of rotatable bonds is 15. The molecule has 2 heterocycles. The van der Waals surface area contributed by atoms with E-state index in [9.17, 15) is 19.8 Å². The van der Waals surface area contributed by atoms with Gasteiger partial charge in [0.1, 0.15) is 0 Å². The number of aliphatic hydroxyl groups is 2. The van der Waals surface area contributed by atoms with E-state index < -0.39 is 12.3 Å². The van der Waals surface area contributed by atoms with Gasteiger partial charge in [0.2, 0.25) is 5.91 Å². The lowest BCUT2D eigenvalue weighted by Crippen LogP contribution is -2.42. The number of aliphatic carboxylic acids is 1. The molecule has 4 atom stereocenters. The van der Waals surface area contributed by atoms with Crippen LogP contribution >= 0.6 is 0 Å². The predicted molar refractivity (Wildman–Crippen MR) is 154 cm³/mol. The van der Waals surface area contributed by atoms with Crippen LogP contribution in [0.5, 0.6) is 0 Å². The molecule has 2 fully saturated rings. The van der Waals surface area contributed by atoms with Gasteiger partial charge in [0.05, 0.1) is 25.4 Å². The average Bonchev–Trinajstić information content (AvgIpc) is 3.44. The van der Waals surface area contributed by atoms with E-state index in [1.54, 1.807) is 0 Å². The van der Waals surface area contributed by atoms with Gasteiger partial charge in [0, 0.05) is 44.0 Å². The number of carbonyl (C=O) groups excluding carboxylic acids is 1. The number of benzene rings is 2. The van der Waals surface area contributed by atoms with E-state index in [1.165, 1.54) is 0 Å². The van der Waals surface area contributed by atoms with Crippen molar-refractivity contribution in [1.29, 1.82) is 0 Å². The Morgan fingerprint density at radius 3 is 2.24 bits per heavy atom. The second kappa shape index (κ2) is 16.0. The molecule has 224 valence electrons. The van der Waals surface area contributed by atoms with Crippen LogP contribution in [-0.2, 0) is 32.2 Å². The van der Waals surface area contributed by atoms with Crippen molar-refractivity contribution in [3.05, 3.63) is 70.8 Å². The molecule has 4 N–H and O–H groups in total. The van der Waals surface area contributed by atoms with Gasteiger partial charge in [-0.05, 0) is 48.9 Å². The van der Waals surface area contributed by atoms with Gasteiger partial charge < -0.3 is 30.1 Å². The number of unbranched alkanes of at least 4 members (excludes halogenated alkanes) is 3. The zero-order valence-corrected chi connectivity index (χ0v) is 23.7. The van der Waals surface area contributed by atoms with Crippen molar-refractivity contribution in [2.45, 2.75) is 95.5 Å². The first-order chi connectivity index (χ1) is 19.9. The number of hydrogen-bond donors (Lipinski definition) is 4. The van der Waals surface area contributed by atoms with Crippen molar-refractivity contribution in [2.24, 2.45) is 0 Å². The standard InChI is InChI=1S/C32H44N2O7/c35-21-24-11-13-25(14-12-24)29-18-28(20-34-17-5-6-27(34)22-36)40-32(41-29)26-15-9-23(10-16-26)19-33-30(37)7-3-1-2-4-8-31(38)39/h9-16,27-29,32,35-36H,1-8,17-22H2,(H,33,37)(H,38,39). The van der Waals surface area contributed by atoms with E-state index >= 15 is 0 Å². The van der Waals surface area contributed by atoms with E-state index in [0.29, 0.717) is 25.8 Å². The van der Waals surface area contributed by atoms with E-state index in [4.69, 9.17) is 14.6 Å². The van der Waals surface area contributed by atoms with Crippen LogP contribution in [0.1, 0.15) is 92.4 Å². The zero-order chi connectivity index (χ0) is 29.0. The third-order valence-electron chi connectivity index (χ3n) is 8.05. The predicted octanol–water partition coefficient (Wildman–Crippen LogP) is 4.22. The summed E-state index contributed by atoms with van der Waals surface area (Å²) in [5.74, 6) is -0.783. The molecular weight excluding hydrogens is 524 g/mol. The van der Waals surface area contributed by atoms with Gasteiger partial charge in [-0.25, -0.2) is 0 Å². The summed E-state index contributed by atoms with van der Waals surface area (Å²) in [6, 6.07) is 15.9. The van der Waals surface area contributed by atoms with Gasteiger partial charge >= 0.3 is 5.97 Å². The third-order valence-corrected chi connectivity index (χ3v) is 8.05. The van der Waals surface area contributed by atoms with Crippen LogP contribution in [0.2, 0.25) is 0 Å². The summed E-state index contributed by atoms with van der Waals surface area (Å²) in [6.45, 7) is 2.28. The Morgan fingerprint density at radius 1 is 0.878 bits per heavy atom. The monoisotopic (exact) mass is 568 g/mol. The maximum Gasteiger partial charge on any atom is 0.303 e. The average molecular weight is 569 g/mol. The lowest BCUT2D eigenvalue weighted by molar-refractivity contribution is -0.253. The SMILES string of the molecule is O=C(O)CCCCCCC(=O)NCc1ccc(C2OC(CN3CCCC3CO)CC(c3ccc(CO)cc3)O2)cc1. The fraction of sp³-hybridized carbons (Fsp3) is 0.562. The number of aliphatic hydroxyl groups excluding tert-OH is 2. The molecule has 0 aromatic heterocycles. The Bertz CT molecular complexity index is 1090. The maximum absolute atomic E-state index is 12.2. The van der Waals surface area contributed by atoms with Crippen molar-refractivity contribution < 1.29 is 34.4 Å². The first kappa shape index (κ1) is 31.1. The van der Waals surface area contributed by atoms with Gasteiger partial charge in [-0.3, -0.25) is 14.5 Å². The van der Waals surface area contributed by atoms with E-state index in [0.717, 1.165) is 67.4 Å². The number of amides is 1. The zero-order valence-electron chi connectivity index (χ0n) is 23.7. The highest BCUT2D eigenvalue weighted by Gasteiger charge is 2.35. The van der Waals surface area contributed by atoms with Gasteiger partial charge in [-0.2, -0.15) is 0 Å². The van der Waals surface area contributed by atoms with Crippen LogP contribution in [0.3, 0.4) is 0 Å². The Morgan fingerprint density at radius 2 is 1.56 bits per heavy atom. The number of hydrogen-bond acceptors (Lipinski definition) is 7. The van der Waals surface area contributed by atoms with Crippen LogP contribution < -0.4 is 5.32 Å². The van der Waals surface area contributed by atoms with Crippen molar-refractivity contribution in [3.63, 3.8) is 0 Å². The van der Waals surface area contributed by atoms with Crippen molar-refractivity contribution >= 4 is 11.9 Å². The van der Waals surface area contributed by atoms with Crippen LogP contribution in [0.15, 0.2) is 48.5 Å². The summed E-state index contributed by atoms with van der Waals surface area (Å²) in [4.78, 5) is 25.1. The van der Waals surface area contributed by atoms with Crippen LogP contribution in [-0.4, -0.2) is 63.9 Å². The number of carbonyl (C=O) groups is 2. The van der Waals surface area contributed by atoms with Crippen LogP contribution in [0.4, 0.5) is 0 Å². The molecule has 0 saturated carbocycles. The molecule has 0 aliphatic carbocycles. The van der Waals surface area contributed by atoms with Gasteiger partial charge in [-0.1, -0.05) is 61.4 Å². The number of carboxylic acids is 1. The molecule has 9 nitrogen and oxygen atoms in total. The lowest BCUT2D eigenvalue weighted by Gasteiger charge is -2.38. The lowest BCUT2D eigenvalue weighted by atomic mass is 9.99.